The number of piperidine rings is 1. The van der Waals surface area contributed by atoms with E-state index in [1.54, 1.807) is 18.3 Å². The third kappa shape index (κ3) is 4.97. The summed E-state index contributed by atoms with van der Waals surface area (Å²) in [7, 11) is 0. The van der Waals surface area contributed by atoms with Gasteiger partial charge in [-0.05, 0) is 62.1 Å². The average Bonchev–Trinajstić information content (AvgIpc) is 2.69. The molecule has 2 heterocycles. The summed E-state index contributed by atoms with van der Waals surface area (Å²) in [5.41, 5.74) is 2.87. The molecule has 1 saturated heterocycles. The minimum atomic E-state index is -0.0515. The molecule has 0 atom stereocenters. The fraction of sp³-hybridized carbons (Fsp3) is 0.429. The van der Waals surface area contributed by atoms with Crippen LogP contribution in [-0.4, -0.2) is 30.5 Å². The lowest BCUT2D eigenvalue weighted by atomic mass is 10.1. The van der Waals surface area contributed by atoms with E-state index in [0.29, 0.717) is 17.9 Å². The van der Waals surface area contributed by atoms with E-state index < -0.39 is 0 Å². The number of nitrogens with zero attached hydrogens (tertiary/aromatic N) is 2. The molecule has 2 N–H and O–H groups in total. The highest BCUT2D eigenvalue weighted by Crippen LogP contribution is 2.23. The molecule has 5 nitrogen and oxygen atoms in total. The average molecular weight is 352 g/mol. The third-order valence-corrected chi connectivity index (χ3v) is 4.70. The number of carbonyl (C=O) groups excluding carboxylic acids is 1. The van der Waals surface area contributed by atoms with Crippen LogP contribution in [0, 0.1) is 0 Å². The van der Waals surface area contributed by atoms with Gasteiger partial charge in [-0.15, -0.1) is 0 Å². The van der Waals surface area contributed by atoms with Crippen LogP contribution >= 0.6 is 0 Å². The smallest absolute Gasteiger partial charge is 0.251 e. The van der Waals surface area contributed by atoms with Gasteiger partial charge in [0.25, 0.3) is 5.91 Å². The minimum absolute atomic E-state index is 0.0515. The lowest BCUT2D eigenvalue weighted by molar-refractivity contribution is 0.0953. The van der Waals surface area contributed by atoms with Gasteiger partial charge in [0.15, 0.2) is 0 Å². The summed E-state index contributed by atoms with van der Waals surface area (Å²) in [4.78, 5) is 18.9. The predicted octanol–water partition coefficient (Wildman–Crippen LogP) is 4.35. The molecule has 1 fully saturated rings. The first kappa shape index (κ1) is 18.2. The van der Waals surface area contributed by atoms with Crippen molar-refractivity contribution < 1.29 is 4.79 Å². The second-order valence-corrected chi connectivity index (χ2v) is 6.76. The molecule has 0 saturated carbocycles. The van der Waals surface area contributed by atoms with Crippen molar-refractivity contribution in [2.24, 2.45) is 0 Å². The molecule has 1 aromatic carbocycles. The Labute approximate surface area is 155 Å². The Kier molecular flexibility index (Phi) is 6.47. The van der Waals surface area contributed by atoms with Crippen LogP contribution in [0.4, 0.5) is 17.2 Å². The summed E-state index contributed by atoms with van der Waals surface area (Å²) in [6, 6.07) is 12.0. The Balaban J connectivity index is 1.61. The molecule has 0 aliphatic carbocycles. The molecule has 0 bridgehead atoms. The van der Waals surface area contributed by atoms with Crippen molar-refractivity contribution in [2.75, 3.05) is 29.9 Å². The molecule has 138 valence electrons. The van der Waals surface area contributed by atoms with E-state index in [1.807, 2.05) is 0 Å². The van der Waals surface area contributed by atoms with Crippen molar-refractivity contribution in [3.05, 3.63) is 48.2 Å². The van der Waals surface area contributed by atoms with E-state index in [2.05, 4.69) is 51.7 Å². The number of amides is 1. The Hall–Kier alpha value is -2.56. The van der Waals surface area contributed by atoms with Crippen LogP contribution in [-0.2, 0) is 0 Å². The van der Waals surface area contributed by atoms with Gasteiger partial charge in [0.1, 0.15) is 5.82 Å². The van der Waals surface area contributed by atoms with Crippen LogP contribution in [0.1, 0.15) is 49.4 Å². The number of unbranched alkanes of at least 4 members (excludes halogenated alkanes) is 1. The van der Waals surface area contributed by atoms with Gasteiger partial charge in [0.2, 0.25) is 0 Å². The van der Waals surface area contributed by atoms with E-state index in [0.717, 1.165) is 31.6 Å². The van der Waals surface area contributed by atoms with Gasteiger partial charge >= 0.3 is 0 Å². The van der Waals surface area contributed by atoms with Crippen LogP contribution in [0.15, 0.2) is 42.6 Å². The Bertz CT molecular complexity index is 708. The maximum atomic E-state index is 12.2. The van der Waals surface area contributed by atoms with Gasteiger partial charge < -0.3 is 15.5 Å². The van der Waals surface area contributed by atoms with Crippen molar-refractivity contribution in [3.63, 3.8) is 0 Å². The molecule has 26 heavy (non-hydrogen) atoms. The maximum Gasteiger partial charge on any atom is 0.251 e. The SMILES string of the molecule is CCCCNC(=O)c1ccnc(Nc2ccc(N3CCCCC3)cc2)c1. The fourth-order valence-corrected chi connectivity index (χ4v) is 3.18. The summed E-state index contributed by atoms with van der Waals surface area (Å²) < 4.78 is 0. The minimum Gasteiger partial charge on any atom is -0.372 e. The van der Waals surface area contributed by atoms with E-state index in [1.165, 1.54) is 24.9 Å². The van der Waals surface area contributed by atoms with Gasteiger partial charge in [0, 0.05) is 42.8 Å². The zero-order chi connectivity index (χ0) is 18.2. The van der Waals surface area contributed by atoms with Crippen molar-refractivity contribution in [3.8, 4) is 0 Å². The van der Waals surface area contributed by atoms with Crippen LogP contribution in [0.5, 0.6) is 0 Å². The quantitative estimate of drug-likeness (QED) is 0.728. The van der Waals surface area contributed by atoms with Crippen molar-refractivity contribution in [1.29, 1.82) is 0 Å². The highest BCUT2D eigenvalue weighted by atomic mass is 16.1. The first-order valence-corrected chi connectivity index (χ1v) is 9.62. The number of hydrogen-bond acceptors (Lipinski definition) is 4. The second kappa shape index (κ2) is 9.22. The van der Waals surface area contributed by atoms with E-state index >= 15 is 0 Å². The van der Waals surface area contributed by atoms with Gasteiger partial charge in [-0.3, -0.25) is 4.79 Å². The zero-order valence-corrected chi connectivity index (χ0v) is 15.5. The number of benzene rings is 1. The molecule has 3 rings (SSSR count). The van der Waals surface area contributed by atoms with Crippen LogP contribution in [0.25, 0.3) is 0 Å². The number of nitrogens with one attached hydrogen (secondary N) is 2. The number of carbonyl (C=O) groups is 1. The largest absolute Gasteiger partial charge is 0.372 e. The zero-order valence-electron chi connectivity index (χ0n) is 15.5. The monoisotopic (exact) mass is 352 g/mol. The molecule has 1 aromatic heterocycles. The summed E-state index contributed by atoms with van der Waals surface area (Å²) in [5, 5.41) is 6.22. The van der Waals surface area contributed by atoms with E-state index in [9.17, 15) is 4.79 Å². The van der Waals surface area contributed by atoms with Crippen molar-refractivity contribution >= 4 is 23.1 Å². The summed E-state index contributed by atoms with van der Waals surface area (Å²) in [6.45, 7) is 5.10. The molecule has 0 spiro atoms. The number of pyridine rings is 1. The lowest BCUT2D eigenvalue weighted by Gasteiger charge is -2.28. The Morgan fingerprint density at radius 1 is 1.12 bits per heavy atom. The molecule has 1 aliphatic rings. The number of hydrogen-bond donors (Lipinski definition) is 2. The van der Waals surface area contributed by atoms with E-state index in [-0.39, 0.29) is 5.91 Å². The van der Waals surface area contributed by atoms with Gasteiger partial charge in [-0.25, -0.2) is 4.98 Å². The van der Waals surface area contributed by atoms with Gasteiger partial charge in [-0.1, -0.05) is 13.3 Å². The van der Waals surface area contributed by atoms with Crippen molar-refractivity contribution in [2.45, 2.75) is 39.0 Å². The standard InChI is InChI=1S/C21H28N4O/c1-2-3-12-23-21(26)17-11-13-22-20(16-17)24-18-7-9-19(10-8-18)25-14-5-4-6-15-25/h7-11,13,16H,2-6,12,14-15H2,1H3,(H,22,24)(H,23,26). The van der Waals surface area contributed by atoms with E-state index in [4.69, 9.17) is 0 Å². The molecule has 0 unspecified atom stereocenters. The van der Waals surface area contributed by atoms with Crippen LogP contribution < -0.4 is 15.5 Å². The first-order chi connectivity index (χ1) is 12.8. The molecular weight excluding hydrogens is 324 g/mol. The molecular formula is C21H28N4O. The second-order valence-electron chi connectivity index (χ2n) is 6.76. The Morgan fingerprint density at radius 2 is 1.88 bits per heavy atom. The third-order valence-electron chi connectivity index (χ3n) is 4.70. The number of anilines is 3. The van der Waals surface area contributed by atoms with Gasteiger partial charge in [0.05, 0.1) is 0 Å². The Morgan fingerprint density at radius 3 is 2.62 bits per heavy atom. The highest BCUT2D eigenvalue weighted by Gasteiger charge is 2.11. The predicted molar refractivity (Wildman–Crippen MR) is 107 cm³/mol. The topological polar surface area (TPSA) is 57.3 Å². The molecule has 0 radical (unpaired) electrons. The molecule has 1 aliphatic heterocycles. The van der Waals surface area contributed by atoms with Crippen LogP contribution in [0.3, 0.4) is 0 Å². The fourth-order valence-electron chi connectivity index (χ4n) is 3.18. The number of aromatic nitrogens is 1. The number of rotatable bonds is 7. The summed E-state index contributed by atoms with van der Waals surface area (Å²) in [5.74, 6) is 0.628. The van der Waals surface area contributed by atoms with Gasteiger partial charge in [-0.2, -0.15) is 0 Å². The first-order valence-electron chi connectivity index (χ1n) is 9.62. The maximum absolute atomic E-state index is 12.2. The lowest BCUT2D eigenvalue weighted by Crippen LogP contribution is -2.29. The molecule has 5 heteroatoms. The summed E-state index contributed by atoms with van der Waals surface area (Å²) >= 11 is 0. The molecule has 2 aromatic rings. The highest BCUT2D eigenvalue weighted by molar-refractivity contribution is 5.94. The van der Waals surface area contributed by atoms with Crippen molar-refractivity contribution in [1.82, 2.24) is 10.3 Å². The normalized spacial score (nSPS) is 14.1. The molecule has 1 amide bonds. The summed E-state index contributed by atoms with van der Waals surface area (Å²) in [6.07, 6.45) is 7.61. The van der Waals surface area contributed by atoms with Crippen LogP contribution in [0.2, 0.25) is 0 Å².